The summed E-state index contributed by atoms with van der Waals surface area (Å²) >= 11 is 5.32. The summed E-state index contributed by atoms with van der Waals surface area (Å²) in [6.07, 6.45) is 4.69. The number of nitrogens with one attached hydrogen (secondary N) is 1. The van der Waals surface area contributed by atoms with Crippen LogP contribution in [0.25, 0.3) is 0 Å². The van der Waals surface area contributed by atoms with Gasteiger partial charge in [-0.25, -0.2) is 4.98 Å². The molecule has 2 aromatic rings. The number of rotatable bonds is 6. The SMILES string of the molecule is CN(C)/N=C/C[C@@H]1O[C@H](c2ccccc2)OC[C@H]1OC(=S)c1ncc[nH]1. The first kappa shape index (κ1) is 18.5. The molecule has 1 aromatic heterocycles. The first-order chi connectivity index (χ1) is 12.6. The Morgan fingerprint density at radius 3 is 2.92 bits per heavy atom. The lowest BCUT2D eigenvalue weighted by molar-refractivity contribution is -0.250. The fraction of sp³-hybridized carbons (Fsp3) is 0.389. The number of aromatic nitrogens is 2. The number of benzene rings is 1. The van der Waals surface area contributed by atoms with Crippen LogP contribution in [-0.2, 0) is 14.2 Å². The minimum atomic E-state index is -0.439. The van der Waals surface area contributed by atoms with E-state index in [-0.39, 0.29) is 12.2 Å². The molecule has 1 fully saturated rings. The van der Waals surface area contributed by atoms with E-state index in [0.29, 0.717) is 23.9 Å². The standard InChI is InChI=1S/C18H22N4O3S/c1-22(2)21-9-8-14-15(25-18(26)16-19-10-11-20-16)12-23-17(24-14)13-6-4-3-5-7-13/h3-7,9-11,14-15,17H,8,12H2,1-2H3,(H,19,20)/b21-9+/t14-,15+,17+/m0/s1. The van der Waals surface area contributed by atoms with Crippen molar-refractivity contribution in [3.05, 3.63) is 54.1 Å². The zero-order chi connectivity index (χ0) is 18.4. The van der Waals surface area contributed by atoms with Crippen LogP contribution in [0.15, 0.2) is 47.8 Å². The molecule has 1 aliphatic heterocycles. The van der Waals surface area contributed by atoms with E-state index < -0.39 is 6.29 Å². The molecule has 8 heteroatoms. The molecule has 0 saturated carbocycles. The molecular formula is C18H22N4O3S. The van der Waals surface area contributed by atoms with Crippen LogP contribution in [0.2, 0.25) is 0 Å². The average Bonchev–Trinajstić information content (AvgIpc) is 3.18. The average molecular weight is 374 g/mol. The van der Waals surface area contributed by atoms with Gasteiger partial charge in [-0.15, -0.1) is 0 Å². The Hall–Kier alpha value is -2.29. The molecule has 3 atom stereocenters. The molecule has 1 aliphatic rings. The number of H-pyrrole nitrogens is 1. The Morgan fingerprint density at radius 2 is 2.23 bits per heavy atom. The summed E-state index contributed by atoms with van der Waals surface area (Å²) < 4.78 is 17.9. The van der Waals surface area contributed by atoms with Gasteiger partial charge in [-0.2, -0.15) is 5.10 Å². The minimum Gasteiger partial charge on any atom is -0.472 e. The molecular weight excluding hydrogens is 352 g/mol. The first-order valence-corrected chi connectivity index (χ1v) is 8.76. The third-order valence-corrected chi connectivity index (χ3v) is 4.09. The predicted molar refractivity (Wildman–Crippen MR) is 102 cm³/mol. The van der Waals surface area contributed by atoms with Crippen molar-refractivity contribution in [2.24, 2.45) is 5.10 Å². The van der Waals surface area contributed by atoms with E-state index >= 15 is 0 Å². The van der Waals surface area contributed by atoms with Crippen molar-refractivity contribution in [3.8, 4) is 0 Å². The van der Waals surface area contributed by atoms with Crippen molar-refractivity contribution in [1.29, 1.82) is 0 Å². The number of thiocarbonyl (C=S) groups is 1. The second-order valence-corrected chi connectivity index (χ2v) is 6.38. The second-order valence-electron chi connectivity index (χ2n) is 6.01. The summed E-state index contributed by atoms with van der Waals surface area (Å²) in [5.41, 5.74) is 0.967. The zero-order valence-electron chi connectivity index (χ0n) is 14.7. The van der Waals surface area contributed by atoms with Gasteiger partial charge in [0, 0.05) is 44.7 Å². The number of ether oxygens (including phenoxy) is 3. The summed E-state index contributed by atoms with van der Waals surface area (Å²) in [5, 5.41) is 6.29. The van der Waals surface area contributed by atoms with Gasteiger partial charge < -0.3 is 24.2 Å². The maximum absolute atomic E-state index is 6.14. The molecule has 3 rings (SSSR count). The molecule has 1 aromatic carbocycles. The van der Waals surface area contributed by atoms with Crippen LogP contribution in [0.1, 0.15) is 24.1 Å². The summed E-state index contributed by atoms with van der Waals surface area (Å²) in [5.74, 6) is 0.519. The molecule has 0 spiro atoms. The van der Waals surface area contributed by atoms with Gasteiger partial charge >= 0.3 is 0 Å². The van der Waals surface area contributed by atoms with Crippen LogP contribution >= 0.6 is 12.2 Å². The lowest BCUT2D eigenvalue weighted by Crippen LogP contribution is -2.43. The van der Waals surface area contributed by atoms with Crippen molar-refractivity contribution < 1.29 is 14.2 Å². The van der Waals surface area contributed by atoms with E-state index in [4.69, 9.17) is 26.4 Å². The summed E-state index contributed by atoms with van der Waals surface area (Å²) in [6, 6.07) is 9.83. The summed E-state index contributed by atoms with van der Waals surface area (Å²) in [7, 11) is 3.74. The lowest BCUT2D eigenvalue weighted by Gasteiger charge is -2.36. The highest BCUT2D eigenvalue weighted by molar-refractivity contribution is 7.80. The smallest absolute Gasteiger partial charge is 0.228 e. The van der Waals surface area contributed by atoms with Gasteiger partial charge in [-0.3, -0.25) is 0 Å². The lowest BCUT2D eigenvalue weighted by atomic mass is 10.1. The monoisotopic (exact) mass is 374 g/mol. The second kappa shape index (κ2) is 8.88. The normalized spacial score (nSPS) is 23.1. The van der Waals surface area contributed by atoms with Gasteiger partial charge in [-0.1, -0.05) is 30.3 Å². The van der Waals surface area contributed by atoms with Crippen LogP contribution in [0.5, 0.6) is 0 Å². The fourth-order valence-electron chi connectivity index (χ4n) is 2.56. The van der Waals surface area contributed by atoms with Crippen molar-refractivity contribution in [2.45, 2.75) is 24.9 Å². The highest BCUT2D eigenvalue weighted by Gasteiger charge is 2.34. The van der Waals surface area contributed by atoms with E-state index in [0.717, 1.165) is 5.56 Å². The van der Waals surface area contributed by atoms with Gasteiger partial charge in [0.15, 0.2) is 12.1 Å². The number of hydrogen-bond donors (Lipinski definition) is 1. The van der Waals surface area contributed by atoms with Gasteiger partial charge in [0.25, 0.3) is 0 Å². The maximum Gasteiger partial charge on any atom is 0.228 e. The summed E-state index contributed by atoms with van der Waals surface area (Å²) in [6.45, 7) is 0.362. The number of hydrogen-bond acceptors (Lipinski definition) is 7. The van der Waals surface area contributed by atoms with Gasteiger partial charge in [0.05, 0.1) is 6.61 Å². The largest absolute Gasteiger partial charge is 0.472 e. The third kappa shape index (κ3) is 4.87. The fourth-order valence-corrected chi connectivity index (χ4v) is 2.80. The molecule has 0 bridgehead atoms. The van der Waals surface area contributed by atoms with Crippen molar-refractivity contribution in [1.82, 2.24) is 15.0 Å². The highest BCUT2D eigenvalue weighted by atomic mass is 32.1. The molecule has 0 unspecified atom stereocenters. The van der Waals surface area contributed by atoms with E-state index in [2.05, 4.69) is 15.1 Å². The molecule has 7 nitrogen and oxygen atoms in total. The van der Waals surface area contributed by atoms with Crippen molar-refractivity contribution in [2.75, 3.05) is 20.7 Å². The predicted octanol–water partition coefficient (Wildman–Crippen LogP) is 2.52. The van der Waals surface area contributed by atoms with Crippen molar-refractivity contribution >= 4 is 23.5 Å². The minimum absolute atomic E-state index is 0.245. The number of aromatic amines is 1. The van der Waals surface area contributed by atoms with Crippen LogP contribution in [0.4, 0.5) is 0 Å². The summed E-state index contributed by atoms with van der Waals surface area (Å²) in [4.78, 5) is 7.06. The first-order valence-electron chi connectivity index (χ1n) is 8.35. The van der Waals surface area contributed by atoms with Gasteiger partial charge in [-0.05, 0) is 12.2 Å². The van der Waals surface area contributed by atoms with Gasteiger partial charge in [0.2, 0.25) is 5.05 Å². The van der Waals surface area contributed by atoms with E-state index in [1.807, 2.05) is 50.6 Å². The third-order valence-electron chi connectivity index (χ3n) is 3.80. The molecule has 138 valence electrons. The molecule has 0 amide bonds. The van der Waals surface area contributed by atoms with Crippen LogP contribution in [0.3, 0.4) is 0 Å². The van der Waals surface area contributed by atoms with Crippen LogP contribution in [0, 0.1) is 0 Å². The number of hydrazone groups is 1. The maximum atomic E-state index is 6.14. The van der Waals surface area contributed by atoms with E-state index in [1.54, 1.807) is 17.4 Å². The topological polar surface area (TPSA) is 72.0 Å². The quantitative estimate of drug-likeness (QED) is 0.476. The Kier molecular flexibility index (Phi) is 6.32. The van der Waals surface area contributed by atoms with E-state index in [1.165, 1.54) is 0 Å². The molecule has 0 aliphatic carbocycles. The number of imidazole rings is 1. The molecule has 2 heterocycles. The van der Waals surface area contributed by atoms with Gasteiger partial charge in [0.1, 0.15) is 12.2 Å². The number of nitrogens with zero attached hydrogens (tertiary/aromatic N) is 3. The highest BCUT2D eigenvalue weighted by Crippen LogP contribution is 2.29. The van der Waals surface area contributed by atoms with Crippen LogP contribution in [-0.4, -0.2) is 59.2 Å². The Balaban J connectivity index is 1.69. The molecule has 0 radical (unpaired) electrons. The Bertz CT molecular complexity index is 721. The zero-order valence-corrected chi connectivity index (χ0v) is 15.6. The Labute approximate surface area is 158 Å². The van der Waals surface area contributed by atoms with Crippen molar-refractivity contribution in [3.63, 3.8) is 0 Å². The Morgan fingerprint density at radius 1 is 1.42 bits per heavy atom. The van der Waals surface area contributed by atoms with E-state index in [9.17, 15) is 0 Å². The molecule has 26 heavy (non-hydrogen) atoms. The molecule has 1 N–H and O–H groups in total. The van der Waals surface area contributed by atoms with Crippen LogP contribution < -0.4 is 0 Å². The molecule has 1 saturated heterocycles.